The number of carbonyl (C=O) groups is 1. The molecule has 3 rings (SSSR count). The van der Waals surface area contributed by atoms with Gasteiger partial charge in [0, 0.05) is 5.56 Å². The minimum Gasteiger partial charge on any atom is -0.478 e. The molecule has 3 aromatic rings. The second-order valence-electron chi connectivity index (χ2n) is 4.11. The van der Waals surface area contributed by atoms with Crippen molar-refractivity contribution in [1.82, 2.24) is 4.98 Å². The summed E-state index contributed by atoms with van der Waals surface area (Å²) in [5, 5.41) is 9.50. The number of carboxylic acids is 1. The monoisotopic (exact) mass is 351 g/mol. The highest BCUT2D eigenvalue weighted by Gasteiger charge is 2.14. The zero-order valence-corrected chi connectivity index (χ0v) is 12.3. The first kappa shape index (κ1) is 13.2. The average Bonchev–Trinajstić information content (AvgIpc) is 2.84. The Labute approximate surface area is 125 Å². The summed E-state index contributed by atoms with van der Waals surface area (Å²) in [5.41, 5.74) is 1.26. The van der Waals surface area contributed by atoms with Gasteiger partial charge in [-0.15, -0.1) is 11.3 Å². The topological polar surface area (TPSA) is 50.2 Å². The van der Waals surface area contributed by atoms with E-state index in [-0.39, 0.29) is 11.4 Å². The molecule has 0 bridgehead atoms. The van der Waals surface area contributed by atoms with Gasteiger partial charge in [-0.1, -0.05) is 6.07 Å². The molecule has 0 aliphatic carbocycles. The number of thiazole rings is 1. The minimum atomic E-state index is -0.990. The lowest BCUT2D eigenvalue weighted by molar-refractivity contribution is 0.0697. The zero-order chi connectivity index (χ0) is 14.3. The maximum absolute atomic E-state index is 14.0. The first-order chi connectivity index (χ1) is 9.56. The molecule has 1 N–H and O–H groups in total. The molecule has 1 aromatic heterocycles. The molecule has 20 heavy (non-hydrogen) atoms. The molecule has 0 saturated heterocycles. The van der Waals surface area contributed by atoms with E-state index in [2.05, 4.69) is 20.9 Å². The van der Waals surface area contributed by atoms with Crippen LogP contribution in [0.25, 0.3) is 20.8 Å². The van der Waals surface area contributed by atoms with Crippen molar-refractivity contribution in [2.24, 2.45) is 0 Å². The number of carboxylic acid groups (broad SMARTS) is 1. The number of nitrogens with zero attached hydrogens (tertiary/aromatic N) is 1. The summed E-state index contributed by atoms with van der Waals surface area (Å²) in [7, 11) is 0. The van der Waals surface area contributed by atoms with Gasteiger partial charge in [0.25, 0.3) is 0 Å². The van der Waals surface area contributed by atoms with Crippen molar-refractivity contribution in [2.75, 3.05) is 0 Å². The summed E-state index contributed by atoms with van der Waals surface area (Å²) in [6, 6.07) is 9.68. The highest BCUT2D eigenvalue weighted by molar-refractivity contribution is 9.10. The number of hydrogen-bond acceptors (Lipinski definition) is 3. The van der Waals surface area contributed by atoms with Gasteiger partial charge in [-0.25, -0.2) is 14.2 Å². The van der Waals surface area contributed by atoms with Crippen molar-refractivity contribution in [3.8, 4) is 10.6 Å². The second-order valence-corrected chi connectivity index (χ2v) is 5.99. The van der Waals surface area contributed by atoms with E-state index in [0.717, 1.165) is 4.70 Å². The van der Waals surface area contributed by atoms with Crippen molar-refractivity contribution >= 4 is 43.5 Å². The van der Waals surface area contributed by atoms with Gasteiger partial charge in [0.05, 0.1) is 20.3 Å². The van der Waals surface area contributed by atoms with Crippen LogP contribution in [0.4, 0.5) is 4.39 Å². The first-order valence-corrected chi connectivity index (χ1v) is 7.25. The SMILES string of the molecule is O=C(O)c1ccc2nc(-c3cccc(Br)c3F)sc2c1. The van der Waals surface area contributed by atoms with Gasteiger partial charge in [0.15, 0.2) is 0 Å². The fourth-order valence-corrected chi connectivity index (χ4v) is 3.23. The van der Waals surface area contributed by atoms with Crippen molar-refractivity contribution < 1.29 is 14.3 Å². The smallest absolute Gasteiger partial charge is 0.335 e. The number of aromatic carboxylic acids is 1. The van der Waals surface area contributed by atoms with Crippen molar-refractivity contribution in [3.63, 3.8) is 0 Å². The number of rotatable bonds is 2. The highest BCUT2D eigenvalue weighted by atomic mass is 79.9. The number of fused-ring (bicyclic) bond motifs is 1. The Morgan fingerprint density at radius 1 is 1.30 bits per heavy atom. The van der Waals surface area contributed by atoms with E-state index < -0.39 is 5.97 Å². The molecular formula is C14H7BrFNO2S. The van der Waals surface area contributed by atoms with E-state index in [1.165, 1.54) is 17.4 Å². The Morgan fingerprint density at radius 3 is 2.85 bits per heavy atom. The third kappa shape index (κ3) is 2.21. The summed E-state index contributed by atoms with van der Waals surface area (Å²) in [5.74, 6) is -1.36. The molecule has 2 aromatic carbocycles. The van der Waals surface area contributed by atoms with Crippen LogP contribution < -0.4 is 0 Å². The predicted molar refractivity (Wildman–Crippen MR) is 79.7 cm³/mol. The van der Waals surface area contributed by atoms with E-state index in [4.69, 9.17) is 5.11 Å². The molecule has 1 heterocycles. The number of halogens is 2. The first-order valence-electron chi connectivity index (χ1n) is 5.64. The maximum Gasteiger partial charge on any atom is 0.335 e. The van der Waals surface area contributed by atoms with Gasteiger partial charge in [-0.3, -0.25) is 0 Å². The van der Waals surface area contributed by atoms with Crippen molar-refractivity contribution in [1.29, 1.82) is 0 Å². The van der Waals surface area contributed by atoms with E-state index in [9.17, 15) is 9.18 Å². The molecule has 0 radical (unpaired) electrons. The van der Waals surface area contributed by atoms with Gasteiger partial charge in [-0.2, -0.15) is 0 Å². The van der Waals surface area contributed by atoms with Gasteiger partial charge >= 0.3 is 5.97 Å². The fourth-order valence-electron chi connectivity index (χ4n) is 1.84. The van der Waals surface area contributed by atoms with Gasteiger partial charge < -0.3 is 5.11 Å². The average molecular weight is 352 g/mol. The van der Waals surface area contributed by atoms with Crippen molar-refractivity contribution in [2.45, 2.75) is 0 Å². The minimum absolute atomic E-state index is 0.197. The summed E-state index contributed by atoms with van der Waals surface area (Å²) in [6.45, 7) is 0. The number of aromatic nitrogens is 1. The molecule has 0 aliphatic heterocycles. The van der Waals surface area contributed by atoms with Crippen LogP contribution in [0.5, 0.6) is 0 Å². The molecule has 6 heteroatoms. The van der Waals surface area contributed by atoms with E-state index in [1.54, 1.807) is 30.3 Å². The Morgan fingerprint density at radius 2 is 2.10 bits per heavy atom. The van der Waals surface area contributed by atoms with Crippen LogP contribution in [0.3, 0.4) is 0 Å². The lowest BCUT2D eigenvalue weighted by atomic mass is 10.2. The number of benzene rings is 2. The summed E-state index contributed by atoms with van der Waals surface area (Å²) >= 11 is 4.41. The highest BCUT2D eigenvalue weighted by Crippen LogP contribution is 2.34. The Bertz CT molecular complexity index is 831. The van der Waals surface area contributed by atoms with Crippen molar-refractivity contribution in [3.05, 3.63) is 52.3 Å². The standard InChI is InChI=1S/C14H7BrFNO2S/c15-9-3-1-2-8(12(9)16)13-17-10-5-4-7(14(18)19)6-11(10)20-13/h1-6H,(H,18,19). The van der Waals surface area contributed by atoms with E-state index in [0.29, 0.717) is 20.6 Å². The molecule has 3 nitrogen and oxygen atoms in total. The van der Waals surface area contributed by atoms with Crippen LogP contribution in [0.15, 0.2) is 40.9 Å². The second kappa shape index (κ2) is 4.96. The molecule has 100 valence electrons. The molecule has 0 spiro atoms. The molecule has 0 fully saturated rings. The third-order valence-electron chi connectivity index (χ3n) is 2.82. The predicted octanol–water partition coefficient (Wildman–Crippen LogP) is 4.56. The Hall–Kier alpha value is -1.79. The van der Waals surface area contributed by atoms with Crippen LogP contribution in [0.1, 0.15) is 10.4 Å². The summed E-state index contributed by atoms with van der Waals surface area (Å²) < 4.78 is 15.1. The summed E-state index contributed by atoms with van der Waals surface area (Å²) in [6.07, 6.45) is 0. The molecule has 0 atom stereocenters. The van der Waals surface area contributed by atoms with Crippen LogP contribution in [-0.2, 0) is 0 Å². The van der Waals surface area contributed by atoms with E-state index >= 15 is 0 Å². The normalized spacial score (nSPS) is 10.9. The summed E-state index contributed by atoms with van der Waals surface area (Å²) in [4.78, 5) is 15.3. The maximum atomic E-state index is 14.0. The van der Waals surface area contributed by atoms with Crippen LogP contribution in [-0.4, -0.2) is 16.1 Å². The fraction of sp³-hybridized carbons (Fsp3) is 0. The van der Waals surface area contributed by atoms with Gasteiger partial charge in [-0.05, 0) is 46.3 Å². The lowest BCUT2D eigenvalue weighted by Gasteiger charge is -1.99. The Balaban J connectivity index is 2.18. The van der Waals surface area contributed by atoms with Crippen LogP contribution in [0, 0.1) is 5.82 Å². The largest absolute Gasteiger partial charge is 0.478 e. The van der Waals surface area contributed by atoms with Crippen LogP contribution in [0.2, 0.25) is 0 Å². The van der Waals surface area contributed by atoms with Gasteiger partial charge in [0.2, 0.25) is 0 Å². The third-order valence-corrected chi connectivity index (χ3v) is 4.48. The zero-order valence-electron chi connectivity index (χ0n) is 9.93. The van der Waals surface area contributed by atoms with Gasteiger partial charge in [0.1, 0.15) is 10.8 Å². The molecule has 0 saturated carbocycles. The molecule has 0 amide bonds. The lowest BCUT2D eigenvalue weighted by Crippen LogP contribution is -1.94. The Kier molecular flexibility index (Phi) is 3.27. The van der Waals surface area contributed by atoms with Crippen LogP contribution >= 0.6 is 27.3 Å². The number of hydrogen-bond donors (Lipinski definition) is 1. The van der Waals surface area contributed by atoms with E-state index in [1.807, 2.05) is 0 Å². The quantitative estimate of drug-likeness (QED) is 0.735. The molecule has 0 aliphatic rings. The molecule has 0 unspecified atom stereocenters. The molecular weight excluding hydrogens is 345 g/mol.